The number of thiazole rings is 1. The molecule has 2 aromatic carbocycles. The minimum Gasteiger partial charge on any atom is -0.318 e. The van der Waals surface area contributed by atoms with Gasteiger partial charge in [0, 0.05) is 7.05 Å². The van der Waals surface area contributed by atoms with E-state index in [-0.39, 0.29) is 17.8 Å². The molecule has 0 saturated heterocycles. The molecule has 0 spiro atoms. The van der Waals surface area contributed by atoms with Crippen molar-refractivity contribution in [2.24, 2.45) is 0 Å². The molecule has 1 N–H and O–H groups in total. The van der Waals surface area contributed by atoms with E-state index in [1.807, 2.05) is 31.2 Å². The Morgan fingerprint density at radius 2 is 1.91 bits per heavy atom. The van der Waals surface area contributed by atoms with Crippen LogP contribution in [0.5, 0.6) is 0 Å². The number of hydrogen-bond acceptors (Lipinski definition) is 3. The Bertz CT molecular complexity index is 815. The van der Waals surface area contributed by atoms with Gasteiger partial charge >= 0.3 is 6.03 Å². The number of rotatable bonds is 3. The van der Waals surface area contributed by atoms with Crippen molar-refractivity contribution < 1.29 is 9.18 Å². The Morgan fingerprint density at radius 3 is 2.65 bits per heavy atom. The van der Waals surface area contributed by atoms with Crippen LogP contribution in [0.4, 0.5) is 14.9 Å². The molecule has 6 heteroatoms. The summed E-state index contributed by atoms with van der Waals surface area (Å²) in [6, 6.07) is 13.4. The van der Waals surface area contributed by atoms with Gasteiger partial charge in [0.1, 0.15) is 10.8 Å². The Morgan fingerprint density at radius 1 is 1.22 bits per heavy atom. The molecule has 0 aliphatic rings. The number of amides is 2. The van der Waals surface area contributed by atoms with E-state index >= 15 is 0 Å². The van der Waals surface area contributed by atoms with Gasteiger partial charge in [-0.3, -0.25) is 0 Å². The number of urea groups is 1. The monoisotopic (exact) mass is 329 g/mol. The number of carbonyl (C=O) groups is 1. The molecule has 0 aliphatic carbocycles. The van der Waals surface area contributed by atoms with Gasteiger partial charge in [-0.25, -0.2) is 14.2 Å². The van der Waals surface area contributed by atoms with Crippen molar-refractivity contribution >= 4 is 33.3 Å². The van der Waals surface area contributed by atoms with Crippen LogP contribution in [0, 0.1) is 5.82 Å². The number of aromatic nitrogens is 1. The normalized spacial score (nSPS) is 12.1. The van der Waals surface area contributed by atoms with Crippen molar-refractivity contribution in [2.45, 2.75) is 13.0 Å². The number of halogens is 1. The van der Waals surface area contributed by atoms with Gasteiger partial charge in [-0.1, -0.05) is 24.3 Å². The Hall–Kier alpha value is -2.47. The number of anilines is 1. The summed E-state index contributed by atoms with van der Waals surface area (Å²) in [7, 11) is 1.67. The maximum absolute atomic E-state index is 13.6. The topological polar surface area (TPSA) is 45.2 Å². The Kier molecular flexibility index (Phi) is 4.25. The van der Waals surface area contributed by atoms with Crippen LogP contribution < -0.4 is 5.32 Å². The SMILES string of the molecule is CC(c1nc2ccccc2s1)N(C)C(=O)Nc1ccccc1F. The first-order chi connectivity index (χ1) is 11.1. The van der Waals surface area contributed by atoms with E-state index in [0.29, 0.717) is 0 Å². The fourth-order valence-corrected chi connectivity index (χ4v) is 3.24. The summed E-state index contributed by atoms with van der Waals surface area (Å²) in [4.78, 5) is 18.4. The molecule has 0 aliphatic heterocycles. The third kappa shape index (κ3) is 3.17. The summed E-state index contributed by atoms with van der Waals surface area (Å²) in [5.74, 6) is -0.457. The molecule has 1 aromatic heterocycles. The van der Waals surface area contributed by atoms with Gasteiger partial charge < -0.3 is 10.2 Å². The van der Waals surface area contributed by atoms with Gasteiger partial charge in [-0.05, 0) is 31.2 Å². The van der Waals surface area contributed by atoms with Gasteiger partial charge in [-0.2, -0.15) is 0 Å². The summed E-state index contributed by atoms with van der Waals surface area (Å²) >= 11 is 1.55. The van der Waals surface area contributed by atoms with E-state index in [4.69, 9.17) is 0 Å². The van der Waals surface area contributed by atoms with E-state index in [9.17, 15) is 9.18 Å². The number of nitrogens with zero attached hydrogens (tertiary/aromatic N) is 2. The first kappa shape index (κ1) is 15.4. The molecule has 4 nitrogen and oxygen atoms in total. The summed E-state index contributed by atoms with van der Waals surface area (Å²) in [5.41, 5.74) is 1.09. The van der Waals surface area contributed by atoms with Gasteiger partial charge in [-0.15, -0.1) is 11.3 Å². The minimum absolute atomic E-state index is 0.167. The lowest BCUT2D eigenvalue weighted by Gasteiger charge is -2.23. The van der Waals surface area contributed by atoms with E-state index in [0.717, 1.165) is 15.2 Å². The van der Waals surface area contributed by atoms with Crippen molar-refractivity contribution in [2.75, 3.05) is 12.4 Å². The molecule has 3 rings (SSSR count). The quantitative estimate of drug-likeness (QED) is 0.759. The summed E-state index contributed by atoms with van der Waals surface area (Å²) in [6.45, 7) is 1.90. The number of hydrogen-bond donors (Lipinski definition) is 1. The summed E-state index contributed by atoms with van der Waals surface area (Å²) in [6.07, 6.45) is 0. The van der Waals surface area contributed by atoms with Crippen molar-refractivity contribution in [3.8, 4) is 0 Å². The molecule has 1 heterocycles. The lowest BCUT2D eigenvalue weighted by Crippen LogP contribution is -2.33. The number of carbonyl (C=O) groups excluding carboxylic acids is 1. The molecule has 1 atom stereocenters. The average Bonchev–Trinajstić information content (AvgIpc) is 2.99. The molecular formula is C17H16FN3OS. The maximum Gasteiger partial charge on any atom is 0.322 e. The highest BCUT2D eigenvalue weighted by Crippen LogP contribution is 2.29. The van der Waals surface area contributed by atoms with Crippen LogP contribution in [-0.2, 0) is 0 Å². The van der Waals surface area contributed by atoms with Crippen LogP contribution in [0.3, 0.4) is 0 Å². The lowest BCUT2D eigenvalue weighted by atomic mass is 10.3. The molecular weight excluding hydrogens is 313 g/mol. The van der Waals surface area contributed by atoms with Crippen LogP contribution in [0.15, 0.2) is 48.5 Å². The highest BCUT2D eigenvalue weighted by Gasteiger charge is 2.21. The zero-order chi connectivity index (χ0) is 16.4. The second-order valence-electron chi connectivity index (χ2n) is 5.22. The lowest BCUT2D eigenvalue weighted by molar-refractivity contribution is 0.208. The summed E-state index contributed by atoms with van der Waals surface area (Å²) in [5, 5.41) is 3.43. The van der Waals surface area contributed by atoms with Crippen LogP contribution in [0.2, 0.25) is 0 Å². The molecule has 2 amide bonds. The number of para-hydroxylation sites is 2. The number of benzene rings is 2. The van der Waals surface area contributed by atoms with Crippen LogP contribution in [0.1, 0.15) is 18.0 Å². The third-order valence-corrected chi connectivity index (χ3v) is 4.89. The molecule has 0 fully saturated rings. The molecule has 0 radical (unpaired) electrons. The summed E-state index contributed by atoms with van der Waals surface area (Å²) < 4.78 is 14.7. The van der Waals surface area contributed by atoms with Crippen molar-refractivity contribution in [1.29, 1.82) is 0 Å². The zero-order valence-electron chi connectivity index (χ0n) is 12.8. The van der Waals surface area contributed by atoms with Crippen molar-refractivity contribution in [1.82, 2.24) is 9.88 Å². The van der Waals surface area contributed by atoms with Gasteiger partial charge in [0.15, 0.2) is 0 Å². The molecule has 0 saturated carbocycles. The largest absolute Gasteiger partial charge is 0.322 e. The minimum atomic E-state index is -0.457. The predicted molar refractivity (Wildman–Crippen MR) is 91.2 cm³/mol. The Balaban J connectivity index is 1.77. The first-order valence-electron chi connectivity index (χ1n) is 7.20. The molecule has 1 unspecified atom stereocenters. The zero-order valence-corrected chi connectivity index (χ0v) is 13.6. The van der Waals surface area contributed by atoms with E-state index in [2.05, 4.69) is 10.3 Å². The van der Waals surface area contributed by atoms with Crippen LogP contribution >= 0.6 is 11.3 Å². The Labute approximate surface area is 137 Å². The van der Waals surface area contributed by atoms with E-state index < -0.39 is 5.82 Å². The maximum atomic E-state index is 13.6. The third-order valence-electron chi connectivity index (χ3n) is 3.68. The second-order valence-corrected chi connectivity index (χ2v) is 6.28. The standard InChI is InChI=1S/C17H16FN3OS/c1-11(16-19-14-9-5-6-10-15(14)23-16)21(2)17(22)20-13-8-4-3-7-12(13)18/h3-11H,1-2H3,(H,20,22). The van der Waals surface area contributed by atoms with Crippen molar-refractivity contribution in [3.63, 3.8) is 0 Å². The van der Waals surface area contributed by atoms with E-state index in [1.54, 1.807) is 30.5 Å². The fraction of sp³-hybridized carbons (Fsp3) is 0.176. The average molecular weight is 329 g/mol. The molecule has 118 valence electrons. The number of nitrogens with one attached hydrogen (secondary N) is 1. The number of fused-ring (bicyclic) bond motifs is 1. The predicted octanol–water partition coefficient (Wildman–Crippen LogP) is 4.66. The molecule has 3 aromatic rings. The van der Waals surface area contributed by atoms with E-state index in [1.165, 1.54) is 17.0 Å². The highest BCUT2D eigenvalue weighted by molar-refractivity contribution is 7.18. The van der Waals surface area contributed by atoms with Gasteiger partial charge in [0.25, 0.3) is 0 Å². The van der Waals surface area contributed by atoms with Crippen molar-refractivity contribution in [3.05, 3.63) is 59.4 Å². The first-order valence-corrected chi connectivity index (χ1v) is 8.01. The van der Waals surface area contributed by atoms with Crippen LogP contribution in [0.25, 0.3) is 10.2 Å². The van der Waals surface area contributed by atoms with Gasteiger partial charge in [0.2, 0.25) is 0 Å². The van der Waals surface area contributed by atoms with Gasteiger partial charge in [0.05, 0.1) is 21.9 Å². The highest BCUT2D eigenvalue weighted by atomic mass is 32.1. The molecule has 23 heavy (non-hydrogen) atoms. The molecule has 0 bridgehead atoms. The fourth-order valence-electron chi connectivity index (χ4n) is 2.18. The van der Waals surface area contributed by atoms with Crippen LogP contribution in [-0.4, -0.2) is 23.0 Å². The smallest absolute Gasteiger partial charge is 0.318 e. The second kappa shape index (κ2) is 6.34.